The van der Waals surface area contributed by atoms with Crippen LogP contribution in [0, 0.1) is 0 Å². The van der Waals surface area contributed by atoms with Gasteiger partial charge in [-0.1, -0.05) is 52.3 Å². The van der Waals surface area contributed by atoms with Gasteiger partial charge >= 0.3 is 0 Å². The maximum Gasteiger partial charge on any atom is 0.255 e. The average molecular weight is 492 g/mol. The molecule has 0 unspecified atom stereocenters. The van der Waals surface area contributed by atoms with Crippen molar-refractivity contribution in [1.82, 2.24) is 5.32 Å². The van der Waals surface area contributed by atoms with Crippen LogP contribution in [0.1, 0.15) is 39.1 Å². The highest BCUT2D eigenvalue weighted by Crippen LogP contribution is 2.28. The molecule has 0 saturated carbocycles. The molecule has 1 aliphatic heterocycles. The second kappa shape index (κ2) is 10.5. The molecule has 164 valence electrons. The summed E-state index contributed by atoms with van der Waals surface area (Å²) in [5.74, 6) is -0.336. The lowest BCUT2D eigenvalue weighted by Crippen LogP contribution is -2.29. The van der Waals surface area contributed by atoms with Gasteiger partial charge in [0.25, 0.3) is 11.8 Å². The van der Waals surface area contributed by atoms with Crippen LogP contribution in [-0.2, 0) is 6.42 Å². The third kappa shape index (κ3) is 5.56. The monoisotopic (exact) mass is 491 g/mol. The van der Waals surface area contributed by atoms with Gasteiger partial charge < -0.3 is 15.5 Å². The van der Waals surface area contributed by atoms with Gasteiger partial charge in [0.15, 0.2) is 0 Å². The van der Waals surface area contributed by atoms with Crippen LogP contribution in [0.5, 0.6) is 0 Å². The van der Waals surface area contributed by atoms with Crippen LogP contribution in [-0.4, -0.2) is 31.4 Å². The molecule has 0 aliphatic carbocycles. The molecule has 6 heteroatoms. The number of halogens is 1. The van der Waals surface area contributed by atoms with E-state index < -0.39 is 0 Å². The smallest absolute Gasteiger partial charge is 0.255 e. The Balaban J connectivity index is 1.51. The van der Waals surface area contributed by atoms with E-state index in [2.05, 4.69) is 43.6 Å². The fourth-order valence-electron chi connectivity index (χ4n) is 3.92. The molecular weight excluding hydrogens is 466 g/mol. The quantitative estimate of drug-likeness (QED) is 0.472. The molecule has 0 spiro atoms. The first-order valence-electron chi connectivity index (χ1n) is 10.9. The van der Waals surface area contributed by atoms with Crippen LogP contribution < -0.4 is 15.5 Å². The molecule has 32 heavy (non-hydrogen) atoms. The SMILES string of the molecule is O=C(Nc1ccc(N2CCCC2)c(C(=O)NCCc2ccccc2)c1)c1cccc(Br)c1. The van der Waals surface area contributed by atoms with Crippen LogP contribution in [0.2, 0.25) is 0 Å². The number of nitrogens with one attached hydrogen (secondary N) is 2. The van der Waals surface area contributed by atoms with E-state index in [0.717, 1.165) is 42.5 Å². The number of anilines is 2. The van der Waals surface area contributed by atoms with Gasteiger partial charge in [-0.3, -0.25) is 9.59 Å². The Morgan fingerprint density at radius 2 is 1.66 bits per heavy atom. The predicted molar refractivity (Wildman–Crippen MR) is 132 cm³/mol. The van der Waals surface area contributed by atoms with Crippen LogP contribution in [0.25, 0.3) is 0 Å². The Hall–Kier alpha value is -3.12. The lowest BCUT2D eigenvalue weighted by atomic mass is 10.1. The second-order valence-corrected chi connectivity index (χ2v) is 8.80. The number of rotatable bonds is 7. The summed E-state index contributed by atoms with van der Waals surface area (Å²) < 4.78 is 0.841. The Morgan fingerprint density at radius 3 is 2.41 bits per heavy atom. The molecule has 2 N–H and O–H groups in total. The first kappa shape index (κ1) is 22.1. The minimum Gasteiger partial charge on any atom is -0.371 e. The number of hydrogen-bond donors (Lipinski definition) is 2. The zero-order chi connectivity index (χ0) is 22.3. The van der Waals surface area contributed by atoms with E-state index in [1.807, 2.05) is 42.5 Å². The van der Waals surface area contributed by atoms with Crippen molar-refractivity contribution < 1.29 is 9.59 Å². The average Bonchev–Trinajstić information content (AvgIpc) is 3.34. The lowest BCUT2D eigenvalue weighted by Gasteiger charge is -2.22. The van der Waals surface area contributed by atoms with Gasteiger partial charge in [-0.25, -0.2) is 0 Å². The standard InChI is InChI=1S/C26H26BrN3O2/c27-21-10-6-9-20(17-21)25(31)29-22-11-12-24(30-15-4-5-16-30)23(18-22)26(32)28-14-13-19-7-2-1-3-8-19/h1-3,6-12,17-18H,4-5,13-16H2,(H,28,32)(H,29,31). The van der Waals surface area contributed by atoms with Crippen LogP contribution >= 0.6 is 15.9 Å². The minimum atomic E-state index is -0.212. The summed E-state index contributed by atoms with van der Waals surface area (Å²) in [5.41, 5.74) is 3.85. The van der Waals surface area contributed by atoms with Crippen molar-refractivity contribution in [2.24, 2.45) is 0 Å². The lowest BCUT2D eigenvalue weighted by molar-refractivity contribution is 0.0953. The van der Waals surface area contributed by atoms with E-state index in [0.29, 0.717) is 23.4 Å². The van der Waals surface area contributed by atoms with Crippen molar-refractivity contribution in [1.29, 1.82) is 0 Å². The summed E-state index contributed by atoms with van der Waals surface area (Å²) in [6.45, 7) is 2.43. The predicted octanol–water partition coefficient (Wildman–Crippen LogP) is 5.27. The normalized spacial score (nSPS) is 13.1. The fourth-order valence-corrected chi connectivity index (χ4v) is 4.32. The van der Waals surface area contributed by atoms with Gasteiger partial charge in [-0.2, -0.15) is 0 Å². The summed E-state index contributed by atoms with van der Waals surface area (Å²) in [5, 5.41) is 5.97. The van der Waals surface area contributed by atoms with Crippen molar-refractivity contribution in [2.45, 2.75) is 19.3 Å². The first-order valence-corrected chi connectivity index (χ1v) is 11.7. The first-order chi connectivity index (χ1) is 15.6. The maximum absolute atomic E-state index is 13.1. The van der Waals surface area contributed by atoms with Crippen LogP contribution in [0.3, 0.4) is 0 Å². The van der Waals surface area contributed by atoms with E-state index in [1.54, 1.807) is 18.2 Å². The molecule has 0 radical (unpaired) electrons. The molecule has 0 bridgehead atoms. The van der Waals surface area contributed by atoms with Crippen molar-refractivity contribution in [3.05, 3.63) is 94.0 Å². The van der Waals surface area contributed by atoms with Gasteiger partial charge in [0.05, 0.1) is 5.56 Å². The van der Waals surface area contributed by atoms with E-state index in [1.165, 1.54) is 5.56 Å². The van der Waals surface area contributed by atoms with Crippen molar-refractivity contribution in [2.75, 3.05) is 29.9 Å². The highest BCUT2D eigenvalue weighted by atomic mass is 79.9. The highest BCUT2D eigenvalue weighted by Gasteiger charge is 2.20. The van der Waals surface area contributed by atoms with Gasteiger partial charge in [0.1, 0.15) is 0 Å². The van der Waals surface area contributed by atoms with E-state index >= 15 is 0 Å². The molecule has 1 heterocycles. The topological polar surface area (TPSA) is 61.4 Å². The number of carbonyl (C=O) groups excluding carboxylic acids is 2. The molecule has 1 aliphatic rings. The molecule has 4 rings (SSSR count). The van der Waals surface area contributed by atoms with Crippen molar-refractivity contribution in [3.8, 4) is 0 Å². The summed E-state index contributed by atoms with van der Waals surface area (Å²) in [6, 6.07) is 22.9. The van der Waals surface area contributed by atoms with Crippen LogP contribution in [0.15, 0.2) is 77.3 Å². The molecule has 0 aromatic heterocycles. The summed E-state index contributed by atoms with van der Waals surface area (Å²) >= 11 is 3.40. The van der Waals surface area contributed by atoms with Gasteiger partial charge in [-0.15, -0.1) is 0 Å². The van der Waals surface area contributed by atoms with Gasteiger partial charge in [0, 0.05) is 41.0 Å². The molecule has 3 aromatic carbocycles. The Labute approximate surface area is 197 Å². The maximum atomic E-state index is 13.1. The Kier molecular flexibility index (Phi) is 7.22. The molecular formula is C26H26BrN3O2. The summed E-state index contributed by atoms with van der Waals surface area (Å²) in [7, 11) is 0. The zero-order valence-electron chi connectivity index (χ0n) is 17.8. The zero-order valence-corrected chi connectivity index (χ0v) is 19.4. The number of hydrogen-bond acceptors (Lipinski definition) is 3. The molecule has 5 nitrogen and oxygen atoms in total. The van der Waals surface area contributed by atoms with Gasteiger partial charge in [-0.05, 0) is 61.2 Å². The number of nitrogens with zero attached hydrogens (tertiary/aromatic N) is 1. The third-order valence-corrected chi connectivity index (χ3v) is 6.07. The van der Waals surface area contributed by atoms with E-state index in [4.69, 9.17) is 0 Å². The second-order valence-electron chi connectivity index (χ2n) is 7.88. The van der Waals surface area contributed by atoms with Crippen molar-refractivity contribution >= 4 is 39.1 Å². The molecule has 1 fully saturated rings. The minimum absolute atomic E-state index is 0.124. The van der Waals surface area contributed by atoms with E-state index in [9.17, 15) is 9.59 Å². The molecule has 3 aromatic rings. The molecule has 1 saturated heterocycles. The Morgan fingerprint density at radius 1 is 0.875 bits per heavy atom. The summed E-state index contributed by atoms with van der Waals surface area (Å²) in [6.07, 6.45) is 3.01. The fraction of sp³-hybridized carbons (Fsp3) is 0.231. The number of benzene rings is 3. The molecule has 0 atom stereocenters. The molecule has 2 amide bonds. The van der Waals surface area contributed by atoms with E-state index in [-0.39, 0.29) is 11.8 Å². The van der Waals surface area contributed by atoms with Crippen molar-refractivity contribution in [3.63, 3.8) is 0 Å². The number of amides is 2. The highest BCUT2D eigenvalue weighted by molar-refractivity contribution is 9.10. The summed E-state index contributed by atoms with van der Waals surface area (Å²) in [4.78, 5) is 28.0. The largest absolute Gasteiger partial charge is 0.371 e. The third-order valence-electron chi connectivity index (χ3n) is 5.57. The van der Waals surface area contributed by atoms with Crippen LogP contribution in [0.4, 0.5) is 11.4 Å². The van der Waals surface area contributed by atoms with Gasteiger partial charge in [0.2, 0.25) is 0 Å². The number of carbonyl (C=O) groups is 2. The Bertz CT molecular complexity index is 1100.